The fourth-order valence-corrected chi connectivity index (χ4v) is 3.35. The van der Waals surface area contributed by atoms with Crippen LogP contribution in [0.25, 0.3) is 0 Å². The van der Waals surface area contributed by atoms with E-state index in [-0.39, 0.29) is 5.91 Å². The average Bonchev–Trinajstić information content (AvgIpc) is 3.14. The van der Waals surface area contributed by atoms with Crippen LogP contribution in [0.1, 0.15) is 10.9 Å². The average molecular weight is 316 g/mol. The smallest absolute Gasteiger partial charge is 0.237 e. The minimum Gasteiger partial charge on any atom is -0.333 e. The number of carbonyl (C=O) groups is 1. The lowest BCUT2D eigenvalue weighted by Gasteiger charge is -2.39. The van der Waals surface area contributed by atoms with Gasteiger partial charge in [0.1, 0.15) is 0 Å². The van der Waals surface area contributed by atoms with E-state index in [0.717, 1.165) is 13.1 Å². The molecule has 0 radical (unpaired) electrons. The summed E-state index contributed by atoms with van der Waals surface area (Å²) in [6, 6.07) is 6.40. The Morgan fingerprint density at radius 3 is 3.00 bits per heavy atom. The molecular formula is C16H20N4OS. The molecular weight excluding hydrogens is 296 g/mol. The normalized spacial score (nSPS) is 15.5. The maximum atomic E-state index is 12.5. The van der Waals surface area contributed by atoms with Crippen LogP contribution in [0.4, 0.5) is 0 Å². The Bertz CT molecular complexity index is 602. The second kappa shape index (κ2) is 6.89. The fraction of sp³-hybridized carbons (Fsp3) is 0.375. The van der Waals surface area contributed by atoms with Crippen LogP contribution in [0.3, 0.4) is 0 Å². The molecule has 6 heteroatoms. The molecule has 0 bridgehead atoms. The highest BCUT2D eigenvalue weighted by atomic mass is 32.1. The van der Waals surface area contributed by atoms with Gasteiger partial charge in [0.05, 0.1) is 19.1 Å². The number of rotatable bonds is 7. The number of thiophene rings is 1. The quantitative estimate of drug-likeness (QED) is 0.734. The molecule has 0 aliphatic carbocycles. The number of hydrogen-bond acceptors (Lipinski definition) is 4. The lowest BCUT2D eigenvalue weighted by molar-refractivity contribution is -0.134. The Labute approximate surface area is 134 Å². The van der Waals surface area contributed by atoms with Gasteiger partial charge in [0.2, 0.25) is 5.91 Å². The number of carbonyl (C=O) groups excluding carboxylic acids is 1. The molecule has 3 heterocycles. The molecule has 1 aliphatic heterocycles. The SMILES string of the molecule is C=CCN(Cc1cccs1)C(=O)CN1CC(n2cccn2)C1. The summed E-state index contributed by atoms with van der Waals surface area (Å²) >= 11 is 1.68. The van der Waals surface area contributed by atoms with Crippen molar-refractivity contribution in [2.45, 2.75) is 12.6 Å². The van der Waals surface area contributed by atoms with Crippen molar-refractivity contribution in [1.82, 2.24) is 19.6 Å². The van der Waals surface area contributed by atoms with Crippen molar-refractivity contribution in [2.24, 2.45) is 0 Å². The number of hydrogen-bond donors (Lipinski definition) is 0. The summed E-state index contributed by atoms with van der Waals surface area (Å²) in [5.74, 6) is 0.159. The Morgan fingerprint density at radius 1 is 1.50 bits per heavy atom. The zero-order valence-electron chi connectivity index (χ0n) is 12.5. The molecule has 0 N–H and O–H groups in total. The Morgan fingerprint density at radius 2 is 2.36 bits per heavy atom. The third-order valence-electron chi connectivity index (χ3n) is 3.82. The van der Waals surface area contributed by atoms with E-state index < -0.39 is 0 Å². The van der Waals surface area contributed by atoms with E-state index in [4.69, 9.17) is 0 Å². The van der Waals surface area contributed by atoms with Gasteiger partial charge < -0.3 is 4.90 Å². The summed E-state index contributed by atoms with van der Waals surface area (Å²) in [6.45, 7) is 7.25. The third kappa shape index (κ3) is 3.45. The van der Waals surface area contributed by atoms with Gasteiger partial charge in [0, 0.05) is 36.9 Å². The fourth-order valence-electron chi connectivity index (χ4n) is 2.63. The number of amides is 1. The molecule has 22 heavy (non-hydrogen) atoms. The minimum atomic E-state index is 0.159. The van der Waals surface area contributed by atoms with Crippen LogP contribution in [0.2, 0.25) is 0 Å². The van der Waals surface area contributed by atoms with Gasteiger partial charge >= 0.3 is 0 Å². The topological polar surface area (TPSA) is 41.4 Å². The lowest BCUT2D eigenvalue weighted by Crippen LogP contribution is -2.52. The first-order valence-corrected chi connectivity index (χ1v) is 8.27. The molecule has 1 aliphatic rings. The van der Waals surface area contributed by atoms with Crippen LogP contribution in [-0.4, -0.2) is 51.7 Å². The monoisotopic (exact) mass is 316 g/mol. The zero-order chi connectivity index (χ0) is 15.4. The van der Waals surface area contributed by atoms with E-state index in [2.05, 4.69) is 22.6 Å². The highest BCUT2D eigenvalue weighted by molar-refractivity contribution is 7.09. The van der Waals surface area contributed by atoms with Crippen LogP contribution in [-0.2, 0) is 11.3 Å². The van der Waals surface area contributed by atoms with Crippen LogP contribution >= 0.6 is 11.3 Å². The maximum absolute atomic E-state index is 12.5. The number of likely N-dealkylation sites (tertiary alicyclic amines) is 1. The highest BCUT2D eigenvalue weighted by Gasteiger charge is 2.30. The maximum Gasteiger partial charge on any atom is 0.237 e. The van der Waals surface area contributed by atoms with E-state index in [1.807, 2.05) is 33.3 Å². The summed E-state index contributed by atoms with van der Waals surface area (Å²) in [5, 5.41) is 6.29. The molecule has 0 aromatic carbocycles. The molecule has 0 saturated carbocycles. The molecule has 2 aromatic rings. The molecule has 1 fully saturated rings. The molecule has 1 saturated heterocycles. The van der Waals surface area contributed by atoms with E-state index in [1.54, 1.807) is 23.6 Å². The molecule has 3 rings (SSSR count). The van der Waals surface area contributed by atoms with Crippen molar-refractivity contribution in [3.05, 3.63) is 53.5 Å². The Hall–Kier alpha value is -1.92. The van der Waals surface area contributed by atoms with E-state index in [9.17, 15) is 4.79 Å². The molecule has 2 aromatic heterocycles. The highest BCUT2D eigenvalue weighted by Crippen LogP contribution is 2.20. The van der Waals surface area contributed by atoms with Crippen molar-refractivity contribution < 1.29 is 4.79 Å². The Kier molecular flexibility index (Phi) is 4.70. The van der Waals surface area contributed by atoms with Crippen LogP contribution in [0.15, 0.2) is 48.6 Å². The van der Waals surface area contributed by atoms with Gasteiger partial charge in [-0.05, 0) is 17.5 Å². The predicted molar refractivity (Wildman–Crippen MR) is 87.6 cm³/mol. The second-order valence-corrected chi connectivity index (χ2v) is 6.51. The molecule has 0 spiro atoms. The van der Waals surface area contributed by atoms with Gasteiger partial charge in [-0.25, -0.2) is 0 Å². The van der Waals surface area contributed by atoms with Gasteiger partial charge in [-0.1, -0.05) is 12.1 Å². The van der Waals surface area contributed by atoms with Gasteiger partial charge in [-0.2, -0.15) is 5.10 Å². The van der Waals surface area contributed by atoms with Gasteiger partial charge in [0.25, 0.3) is 0 Å². The first-order valence-electron chi connectivity index (χ1n) is 7.39. The third-order valence-corrected chi connectivity index (χ3v) is 4.69. The van der Waals surface area contributed by atoms with Crippen molar-refractivity contribution in [2.75, 3.05) is 26.2 Å². The molecule has 5 nitrogen and oxygen atoms in total. The van der Waals surface area contributed by atoms with Gasteiger partial charge in [-0.3, -0.25) is 14.4 Å². The summed E-state index contributed by atoms with van der Waals surface area (Å²) in [5.41, 5.74) is 0. The summed E-state index contributed by atoms with van der Waals surface area (Å²) in [6.07, 6.45) is 5.56. The standard InChI is InChI=1S/C16H20N4OS/c1-2-7-19(12-15-5-3-9-22-15)16(21)13-18-10-14(11-18)20-8-4-6-17-20/h2-6,8-9,14H,1,7,10-13H2. The summed E-state index contributed by atoms with van der Waals surface area (Å²) < 4.78 is 1.97. The predicted octanol–water partition coefficient (Wildman–Crippen LogP) is 2.02. The first-order chi connectivity index (χ1) is 10.8. The van der Waals surface area contributed by atoms with Gasteiger partial charge in [-0.15, -0.1) is 17.9 Å². The van der Waals surface area contributed by atoms with E-state index >= 15 is 0 Å². The number of nitrogens with zero attached hydrogens (tertiary/aromatic N) is 4. The van der Waals surface area contributed by atoms with Crippen molar-refractivity contribution >= 4 is 17.2 Å². The summed E-state index contributed by atoms with van der Waals surface area (Å²) in [7, 11) is 0. The molecule has 0 atom stereocenters. The minimum absolute atomic E-state index is 0.159. The first kappa shape index (κ1) is 15.0. The summed E-state index contributed by atoms with van der Waals surface area (Å²) in [4.78, 5) is 17.7. The van der Waals surface area contributed by atoms with E-state index in [1.165, 1.54) is 4.88 Å². The van der Waals surface area contributed by atoms with Crippen LogP contribution in [0, 0.1) is 0 Å². The number of aromatic nitrogens is 2. The van der Waals surface area contributed by atoms with Crippen molar-refractivity contribution in [3.63, 3.8) is 0 Å². The van der Waals surface area contributed by atoms with Crippen molar-refractivity contribution in [3.8, 4) is 0 Å². The van der Waals surface area contributed by atoms with Gasteiger partial charge in [0.15, 0.2) is 0 Å². The van der Waals surface area contributed by atoms with Crippen molar-refractivity contribution in [1.29, 1.82) is 0 Å². The lowest BCUT2D eigenvalue weighted by atomic mass is 10.1. The molecule has 116 valence electrons. The van der Waals surface area contributed by atoms with E-state index in [0.29, 0.717) is 25.7 Å². The van der Waals surface area contributed by atoms with Crippen LogP contribution in [0.5, 0.6) is 0 Å². The molecule has 1 amide bonds. The largest absolute Gasteiger partial charge is 0.333 e. The van der Waals surface area contributed by atoms with Crippen LogP contribution < -0.4 is 0 Å². The zero-order valence-corrected chi connectivity index (χ0v) is 13.3. The Balaban J connectivity index is 1.50. The second-order valence-electron chi connectivity index (χ2n) is 5.48. The molecule has 0 unspecified atom stereocenters.